The third kappa shape index (κ3) is 7.15. The highest BCUT2D eigenvalue weighted by molar-refractivity contribution is 7.99. The number of carbonyl (C=O) groups is 1. The van der Waals surface area contributed by atoms with Crippen molar-refractivity contribution in [1.29, 1.82) is 0 Å². The first-order chi connectivity index (χ1) is 17.1. The van der Waals surface area contributed by atoms with E-state index in [-0.39, 0.29) is 25.4 Å². The smallest absolute Gasteiger partial charge is 0.407 e. The number of aromatic nitrogens is 3. The van der Waals surface area contributed by atoms with Gasteiger partial charge < -0.3 is 24.6 Å². The Bertz CT molecular complexity index is 1080. The van der Waals surface area contributed by atoms with Crippen LogP contribution in [0, 0.1) is 0 Å². The summed E-state index contributed by atoms with van der Waals surface area (Å²) in [4.78, 5) is 15.8. The number of benzene rings is 2. The lowest BCUT2D eigenvalue weighted by atomic mass is 10.0. The first kappa shape index (κ1) is 24.9. The van der Waals surface area contributed by atoms with Gasteiger partial charge in [0.25, 0.3) is 0 Å². The highest BCUT2D eigenvalue weighted by atomic mass is 32.2. The van der Waals surface area contributed by atoms with Crippen LogP contribution in [0.25, 0.3) is 0 Å². The van der Waals surface area contributed by atoms with Gasteiger partial charge in [-0.25, -0.2) is 9.78 Å². The lowest BCUT2D eigenvalue weighted by Gasteiger charge is -2.36. The van der Waals surface area contributed by atoms with E-state index < -0.39 is 12.4 Å². The SMILES string of the molecule is C=CCOC(=O)NCc1ccc([C@H]2O[C@@H](CSc3ncn[nH]3)C[C@@H](c3ccc(CO)cc3)O2)cc1. The molecule has 0 aliphatic carbocycles. The number of alkyl carbamates (subject to hydrolysis) is 1. The molecule has 3 N–H and O–H groups in total. The number of ether oxygens (including phenoxy) is 3. The van der Waals surface area contributed by atoms with Gasteiger partial charge in [-0.15, -0.1) is 0 Å². The molecular formula is C25H28N4O5S. The van der Waals surface area contributed by atoms with Gasteiger partial charge in [0, 0.05) is 24.3 Å². The van der Waals surface area contributed by atoms with Crippen molar-refractivity contribution in [1.82, 2.24) is 20.5 Å². The number of nitrogens with zero attached hydrogens (tertiary/aromatic N) is 2. The summed E-state index contributed by atoms with van der Waals surface area (Å²) in [5.41, 5.74) is 3.69. The Morgan fingerprint density at radius 1 is 1.17 bits per heavy atom. The van der Waals surface area contributed by atoms with Gasteiger partial charge in [0.2, 0.25) is 0 Å². The number of hydrogen-bond donors (Lipinski definition) is 3. The molecule has 1 aliphatic heterocycles. The minimum Gasteiger partial charge on any atom is -0.445 e. The van der Waals surface area contributed by atoms with Gasteiger partial charge in [0.05, 0.1) is 18.8 Å². The normalized spacial score (nSPS) is 19.7. The maximum atomic E-state index is 11.6. The molecule has 10 heteroatoms. The van der Waals surface area contributed by atoms with Gasteiger partial charge in [-0.2, -0.15) is 5.10 Å². The van der Waals surface area contributed by atoms with Crippen LogP contribution in [0.4, 0.5) is 4.79 Å². The molecule has 3 aromatic rings. The largest absolute Gasteiger partial charge is 0.445 e. The topological polar surface area (TPSA) is 119 Å². The van der Waals surface area contributed by atoms with E-state index in [0.717, 1.165) is 27.4 Å². The maximum Gasteiger partial charge on any atom is 0.407 e. The fourth-order valence-electron chi connectivity index (χ4n) is 3.61. The van der Waals surface area contributed by atoms with E-state index in [0.29, 0.717) is 18.7 Å². The molecule has 1 fully saturated rings. The molecule has 0 bridgehead atoms. The maximum absolute atomic E-state index is 11.6. The third-order valence-electron chi connectivity index (χ3n) is 5.43. The lowest BCUT2D eigenvalue weighted by molar-refractivity contribution is -0.245. The van der Waals surface area contributed by atoms with E-state index in [4.69, 9.17) is 14.2 Å². The van der Waals surface area contributed by atoms with Crippen molar-refractivity contribution in [3.63, 3.8) is 0 Å². The molecule has 2 heterocycles. The van der Waals surface area contributed by atoms with Crippen molar-refractivity contribution < 1.29 is 24.1 Å². The predicted molar refractivity (Wildman–Crippen MR) is 130 cm³/mol. The summed E-state index contributed by atoms with van der Waals surface area (Å²) in [6, 6.07) is 15.5. The van der Waals surface area contributed by atoms with E-state index in [2.05, 4.69) is 27.1 Å². The van der Waals surface area contributed by atoms with Crippen molar-refractivity contribution in [3.8, 4) is 0 Å². The number of H-pyrrole nitrogens is 1. The standard InChI is InChI=1S/C25H28N4O5S/c1-2-11-32-25(31)26-13-17-3-9-20(10-4-17)23-33-21(15-35-24-27-16-28-29-24)12-22(34-23)19-7-5-18(14-30)6-8-19/h2-10,16,21-23,30H,1,11-15H2,(H,26,31)(H,27,28,29)/t21-,22+,23+/m1/s1. The quantitative estimate of drug-likeness (QED) is 0.284. The second kappa shape index (κ2) is 12.5. The Morgan fingerprint density at radius 3 is 2.60 bits per heavy atom. The number of aromatic amines is 1. The summed E-state index contributed by atoms with van der Waals surface area (Å²) in [6.07, 6.45) is 2.41. The van der Waals surface area contributed by atoms with Gasteiger partial charge in [0.1, 0.15) is 12.9 Å². The molecule has 1 aromatic heterocycles. The third-order valence-corrected chi connectivity index (χ3v) is 6.44. The van der Waals surface area contributed by atoms with Crippen LogP contribution in [0.3, 0.4) is 0 Å². The van der Waals surface area contributed by atoms with Crippen LogP contribution in [-0.4, -0.2) is 44.8 Å². The van der Waals surface area contributed by atoms with Crippen LogP contribution in [0.2, 0.25) is 0 Å². The summed E-state index contributed by atoms with van der Waals surface area (Å²) in [6.45, 7) is 4.03. The van der Waals surface area contributed by atoms with Crippen molar-refractivity contribution in [3.05, 3.63) is 89.8 Å². The lowest BCUT2D eigenvalue weighted by Crippen LogP contribution is -2.31. The molecule has 0 spiro atoms. The molecule has 0 unspecified atom stereocenters. The van der Waals surface area contributed by atoms with Crippen LogP contribution in [-0.2, 0) is 27.4 Å². The summed E-state index contributed by atoms with van der Waals surface area (Å²) >= 11 is 1.55. The van der Waals surface area contributed by atoms with Gasteiger partial charge in [0.15, 0.2) is 11.4 Å². The number of aliphatic hydroxyl groups is 1. The van der Waals surface area contributed by atoms with Crippen LogP contribution in [0.5, 0.6) is 0 Å². The molecule has 9 nitrogen and oxygen atoms in total. The molecule has 1 saturated heterocycles. The Labute approximate surface area is 207 Å². The first-order valence-electron chi connectivity index (χ1n) is 11.2. The summed E-state index contributed by atoms with van der Waals surface area (Å²) in [7, 11) is 0. The zero-order valence-electron chi connectivity index (χ0n) is 19.1. The summed E-state index contributed by atoms with van der Waals surface area (Å²) in [5, 5.41) is 19.6. The molecule has 184 valence electrons. The average Bonchev–Trinajstić information content (AvgIpc) is 3.43. The first-order valence-corrected chi connectivity index (χ1v) is 12.2. The molecule has 4 rings (SSSR count). The molecule has 0 radical (unpaired) electrons. The Hall–Kier alpha value is -3.18. The average molecular weight is 497 g/mol. The molecule has 2 aromatic carbocycles. The van der Waals surface area contributed by atoms with Crippen LogP contribution in [0.1, 0.15) is 41.1 Å². The van der Waals surface area contributed by atoms with Gasteiger partial charge in [-0.3, -0.25) is 5.10 Å². The number of nitrogens with one attached hydrogen (secondary N) is 2. The molecule has 1 aliphatic rings. The number of amides is 1. The highest BCUT2D eigenvalue weighted by Crippen LogP contribution is 2.39. The monoisotopic (exact) mass is 496 g/mol. The van der Waals surface area contributed by atoms with E-state index in [9.17, 15) is 9.90 Å². The number of aliphatic hydroxyl groups excluding tert-OH is 1. The fourth-order valence-corrected chi connectivity index (χ4v) is 4.41. The minimum absolute atomic E-state index is 0.00116. The minimum atomic E-state index is -0.550. The molecule has 3 atom stereocenters. The zero-order chi connectivity index (χ0) is 24.5. The van der Waals surface area contributed by atoms with E-state index >= 15 is 0 Å². The van der Waals surface area contributed by atoms with Crippen molar-refractivity contribution >= 4 is 17.9 Å². The highest BCUT2D eigenvalue weighted by Gasteiger charge is 2.32. The summed E-state index contributed by atoms with van der Waals surface area (Å²) < 4.78 is 17.6. The number of thioether (sulfide) groups is 1. The molecular weight excluding hydrogens is 468 g/mol. The fraction of sp³-hybridized carbons (Fsp3) is 0.320. The second-order valence-electron chi connectivity index (χ2n) is 7.93. The number of carbonyl (C=O) groups excluding carboxylic acids is 1. The Morgan fingerprint density at radius 2 is 1.91 bits per heavy atom. The van der Waals surface area contributed by atoms with Crippen LogP contribution >= 0.6 is 11.8 Å². The number of rotatable bonds is 10. The van der Waals surface area contributed by atoms with Crippen molar-refractivity contribution in [2.45, 2.75) is 43.2 Å². The number of hydrogen-bond acceptors (Lipinski definition) is 8. The van der Waals surface area contributed by atoms with Crippen molar-refractivity contribution in [2.75, 3.05) is 12.4 Å². The molecule has 0 saturated carbocycles. The van der Waals surface area contributed by atoms with Crippen LogP contribution < -0.4 is 5.32 Å². The zero-order valence-corrected chi connectivity index (χ0v) is 19.9. The van der Waals surface area contributed by atoms with Gasteiger partial charge >= 0.3 is 6.09 Å². The van der Waals surface area contributed by atoms with Gasteiger partial charge in [-0.1, -0.05) is 72.9 Å². The van der Waals surface area contributed by atoms with Crippen molar-refractivity contribution in [2.24, 2.45) is 0 Å². The van der Waals surface area contributed by atoms with Crippen LogP contribution in [0.15, 0.2) is 72.7 Å². The van der Waals surface area contributed by atoms with E-state index in [1.807, 2.05) is 48.5 Å². The second-order valence-corrected chi connectivity index (χ2v) is 8.94. The predicted octanol–water partition coefficient (Wildman–Crippen LogP) is 4.05. The Balaban J connectivity index is 1.44. The Kier molecular flexibility index (Phi) is 8.90. The summed E-state index contributed by atoms with van der Waals surface area (Å²) in [5.74, 6) is 0.690. The van der Waals surface area contributed by atoms with E-state index in [1.54, 1.807) is 11.8 Å². The molecule has 1 amide bonds. The van der Waals surface area contributed by atoms with Gasteiger partial charge in [-0.05, 0) is 16.7 Å². The molecule has 35 heavy (non-hydrogen) atoms. The van der Waals surface area contributed by atoms with E-state index in [1.165, 1.54) is 12.4 Å².